The molecule has 0 aromatic carbocycles. The molecule has 0 saturated heterocycles. The Morgan fingerprint density at radius 1 is 1.11 bits per heavy atom. The van der Waals surface area contributed by atoms with Crippen molar-refractivity contribution < 1.29 is 9.59 Å². The van der Waals surface area contributed by atoms with Crippen LogP contribution in [0.4, 0.5) is 0 Å². The van der Waals surface area contributed by atoms with Crippen molar-refractivity contribution in [2.75, 3.05) is 6.54 Å². The second-order valence-electron chi connectivity index (χ2n) is 5.70. The largest absolute Gasteiger partial charge is 0.348 e. The van der Waals surface area contributed by atoms with E-state index in [0.29, 0.717) is 12.5 Å². The Balaban J connectivity index is 2.26. The van der Waals surface area contributed by atoms with E-state index in [-0.39, 0.29) is 6.04 Å². The molecule has 0 unspecified atom stereocenters. The summed E-state index contributed by atoms with van der Waals surface area (Å²) in [5, 5.41) is 5.48. The SMILES string of the molecule is CCC1CCC(NC(=O)C(=O)NCC(C)C)CC1. The van der Waals surface area contributed by atoms with E-state index in [1.54, 1.807) is 0 Å². The van der Waals surface area contributed by atoms with E-state index < -0.39 is 11.8 Å². The predicted octanol–water partition coefficient (Wildman–Crippen LogP) is 1.84. The van der Waals surface area contributed by atoms with Crippen LogP contribution >= 0.6 is 0 Å². The molecule has 18 heavy (non-hydrogen) atoms. The summed E-state index contributed by atoms with van der Waals surface area (Å²) in [6, 6.07) is 0.185. The van der Waals surface area contributed by atoms with E-state index in [4.69, 9.17) is 0 Å². The summed E-state index contributed by atoms with van der Waals surface area (Å²) in [6.45, 7) is 6.77. The molecule has 2 amide bonds. The number of hydrogen-bond donors (Lipinski definition) is 2. The third-order valence-electron chi connectivity index (χ3n) is 3.64. The molecule has 0 spiro atoms. The molecule has 1 rings (SSSR count). The number of nitrogens with one attached hydrogen (secondary N) is 2. The smallest absolute Gasteiger partial charge is 0.309 e. The van der Waals surface area contributed by atoms with Gasteiger partial charge in [0, 0.05) is 12.6 Å². The highest BCUT2D eigenvalue weighted by atomic mass is 16.2. The third kappa shape index (κ3) is 5.07. The van der Waals surface area contributed by atoms with Gasteiger partial charge in [-0.2, -0.15) is 0 Å². The normalized spacial score (nSPS) is 23.8. The second-order valence-corrected chi connectivity index (χ2v) is 5.70. The van der Waals surface area contributed by atoms with Gasteiger partial charge in [-0.1, -0.05) is 27.2 Å². The van der Waals surface area contributed by atoms with Crippen LogP contribution in [0.15, 0.2) is 0 Å². The van der Waals surface area contributed by atoms with E-state index in [2.05, 4.69) is 17.6 Å². The van der Waals surface area contributed by atoms with Crippen LogP contribution in [0.3, 0.4) is 0 Å². The quantitative estimate of drug-likeness (QED) is 0.752. The van der Waals surface area contributed by atoms with Crippen LogP contribution in [0.2, 0.25) is 0 Å². The Bertz CT molecular complexity index is 282. The fourth-order valence-electron chi connectivity index (χ4n) is 2.34. The lowest BCUT2D eigenvalue weighted by Gasteiger charge is -2.28. The first-order chi connectivity index (χ1) is 8.52. The van der Waals surface area contributed by atoms with Crippen LogP contribution < -0.4 is 10.6 Å². The molecule has 1 aliphatic rings. The summed E-state index contributed by atoms with van der Waals surface area (Å²) < 4.78 is 0. The topological polar surface area (TPSA) is 58.2 Å². The van der Waals surface area contributed by atoms with Crippen molar-refractivity contribution in [3.05, 3.63) is 0 Å². The van der Waals surface area contributed by atoms with Gasteiger partial charge in [0.05, 0.1) is 0 Å². The van der Waals surface area contributed by atoms with Crippen molar-refractivity contribution in [3.8, 4) is 0 Å². The zero-order chi connectivity index (χ0) is 13.5. The van der Waals surface area contributed by atoms with Gasteiger partial charge in [-0.15, -0.1) is 0 Å². The van der Waals surface area contributed by atoms with Gasteiger partial charge in [-0.25, -0.2) is 0 Å². The zero-order valence-corrected chi connectivity index (χ0v) is 11.8. The van der Waals surface area contributed by atoms with Crippen LogP contribution in [-0.4, -0.2) is 24.4 Å². The molecule has 0 atom stereocenters. The first kappa shape index (κ1) is 15.0. The van der Waals surface area contributed by atoms with Gasteiger partial charge in [-0.3, -0.25) is 9.59 Å². The Morgan fingerprint density at radius 3 is 2.22 bits per heavy atom. The van der Waals surface area contributed by atoms with Gasteiger partial charge in [0.25, 0.3) is 0 Å². The maximum atomic E-state index is 11.7. The summed E-state index contributed by atoms with van der Waals surface area (Å²) in [5.74, 6) is 0.187. The van der Waals surface area contributed by atoms with Crippen molar-refractivity contribution in [2.45, 2.75) is 58.9 Å². The molecule has 0 radical (unpaired) electrons. The summed E-state index contributed by atoms with van der Waals surface area (Å²) in [5.41, 5.74) is 0. The van der Waals surface area contributed by atoms with E-state index in [0.717, 1.165) is 31.6 Å². The minimum atomic E-state index is -0.499. The molecule has 0 aromatic rings. The van der Waals surface area contributed by atoms with Crippen molar-refractivity contribution >= 4 is 11.8 Å². The summed E-state index contributed by atoms with van der Waals surface area (Å²) in [6.07, 6.45) is 5.54. The molecule has 1 aliphatic carbocycles. The fraction of sp³-hybridized carbons (Fsp3) is 0.857. The lowest BCUT2D eigenvalue weighted by Crippen LogP contribution is -2.46. The minimum Gasteiger partial charge on any atom is -0.348 e. The number of rotatable bonds is 4. The molecule has 1 saturated carbocycles. The Morgan fingerprint density at radius 2 is 1.72 bits per heavy atom. The van der Waals surface area contributed by atoms with Crippen molar-refractivity contribution in [1.29, 1.82) is 0 Å². The average molecular weight is 254 g/mol. The Labute approximate surface area is 110 Å². The van der Waals surface area contributed by atoms with Crippen molar-refractivity contribution in [3.63, 3.8) is 0 Å². The van der Waals surface area contributed by atoms with Gasteiger partial charge in [0.15, 0.2) is 0 Å². The number of carbonyl (C=O) groups is 2. The molecular formula is C14H26N2O2. The molecular weight excluding hydrogens is 228 g/mol. The number of hydrogen-bond acceptors (Lipinski definition) is 2. The molecule has 4 nitrogen and oxygen atoms in total. The van der Waals surface area contributed by atoms with Crippen LogP contribution in [0, 0.1) is 11.8 Å². The molecule has 0 bridgehead atoms. The number of amides is 2. The van der Waals surface area contributed by atoms with Crippen LogP contribution in [-0.2, 0) is 9.59 Å². The summed E-state index contributed by atoms with van der Waals surface area (Å²) in [4.78, 5) is 23.2. The molecule has 104 valence electrons. The highest BCUT2D eigenvalue weighted by Crippen LogP contribution is 2.26. The minimum absolute atomic E-state index is 0.185. The van der Waals surface area contributed by atoms with Gasteiger partial charge in [-0.05, 0) is 37.5 Å². The lowest BCUT2D eigenvalue weighted by molar-refractivity contribution is -0.139. The Kier molecular flexibility index (Phi) is 6.16. The lowest BCUT2D eigenvalue weighted by atomic mass is 9.84. The van der Waals surface area contributed by atoms with Gasteiger partial charge in [0.1, 0.15) is 0 Å². The maximum Gasteiger partial charge on any atom is 0.309 e. The molecule has 4 heteroatoms. The monoisotopic (exact) mass is 254 g/mol. The number of carbonyl (C=O) groups excluding carboxylic acids is 2. The van der Waals surface area contributed by atoms with Gasteiger partial charge in [0.2, 0.25) is 0 Å². The van der Waals surface area contributed by atoms with E-state index in [1.807, 2.05) is 13.8 Å². The van der Waals surface area contributed by atoms with Crippen molar-refractivity contribution in [1.82, 2.24) is 10.6 Å². The first-order valence-electron chi connectivity index (χ1n) is 7.11. The molecule has 2 N–H and O–H groups in total. The molecule has 0 aromatic heterocycles. The predicted molar refractivity (Wildman–Crippen MR) is 72.0 cm³/mol. The van der Waals surface area contributed by atoms with Crippen LogP contribution in [0.25, 0.3) is 0 Å². The second kappa shape index (κ2) is 7.39. The average Bonchev–Trinajstić information content (AvgIpc) is 2.36. The molecule has 0 aliphatic heterocycles. The van der Waals surface area contributed by atoms with E-state index >= 15 is 0 Å². The third-order valence-corrected chi connectivity index (χ3v) is 3.64. The molecule has 1 fully saturated rings. The zero-order valence-electron chi connectivity index (χ0n) is 11.8. The van der Waals surface area contributed by atoms with Crippen LogP contribution in [0.1, 0.15) is 52.9 Å². The van der Waals surface area contributed by atoms with E-state index in [1.165, 1.54) is 6.42 Å². The fourth-order valence-corrected chi connectivity index (χ4v) is 2.34. The van der Waals surface area contributed by atoms with Crippen molar-refractivity contribution in [2.24, 2.45) is 11.8 Å². The standard InChI is InChI=1S/C14H26N2O2/c1-4-11-5-7-12(8-6-11)16-14(18)13(17)15-9-10(2)3/h10-12H,4-9H2,1-3H3,(H,15,17)(H,16,18). The summed E-state index contributed by atoms with van der Waals surface area (Å²) in [7, 11) is 0. The maximum absolute atomic E-state index is 11.7. The van der Waals surface area contributed by atoms with Gasteiger partial charge < -0.3 is 10.6 Å². The highest BCUT2D eigenvalue weighted by molar-refractivity contribution is 6.35. The molecule has 0 heterocycles. The van der Waals surface area contributed by atoms with Gasteiger partial charge >= 0.3 is 11.8 Å². The highest BCUT2D eigenvalue weighted by Gasteiger charge is 2.23. The summed E-state index contributed by atoms with van der Waals surface area (Å²) >= 11 is 0. The van der Waals surface area contributed by atoms with Crippen LogP contribution in [0.5, 0.6) is 0 Å². The first-order valence-corrected chi connectivity index (χ1v) is 7.11. The van der Waals surface area contributed by atoms with E-state index in [9.17, 15) is 9.59 Å². The Hall–Kier alpha value is -1.06.